The van der Waals surface area contributed by atoms with Crippen LogP contribution in [0.3, 0.4) is 0 Å². The molecule has 0 N–H and O–H groups in total. The van der Waals surface area contributed by atoms with Gasteiger partial charge >= 0.3 is 6.03 Å². The van der Waals surface area contributed by atoms with Gasteiger partial charge < -0.3 is 9.47 Å². The molecule has 0 radical (unpaired) electrons. The Morgan fingerprint density at radius 2 is 1.65 bits per heavy atom. The van der Waals surface area contributed by atoms with E-state index >= 15 is 0 Å². The SMILES string of the molecule is CC1CCN(C(=O)Cn2cc(C=C3C(=O)N(C)C(=O)N(C)C3=O)c3ccccc32)CC1. The molecule has 31 heavy (non-hydrogen) atoms. The number of imide groups is 2. The predicted octanol–water partition coefficient (Wildman–Crippen LogP) is 2.33. The van der Waals surface area contributed by atoms with E-state index in [0.717, 1.165) is 46.6 Å². The van der Waals surface area contributed by atoms with Gasteiger partial charge in [-0.05, 0) is 30.9 Å². The number of amides is 5. The Labute approximate surface area is 180 Å². The number of hydrogen-bond donors (Lipinski definition) is 0. The van der Waals surface area contributed by atoms with Gasteiger partial charge in [0.15, 0.2) is 0 Å². The molecule has 2 saturated heterocycles. The molecule has 4 rings (SSSR count). The third kappa shape index (κ3) is 3.73. The predicted molar refractivity (Wildman–Crippen MR) is 116 cm³/mol. The summed E-state index contributed by atoms with van der Waals surface area (Å²) in [5, 5.41) is 0.831. The van der Waals surface area contributed by atoms with Crippen LogP contribution in [-0.4, -0.2) is 70.2 Å². The average molecular weight is 422 g/mol. The molecule has 8 heteroatoms. The first-order chi connectivity index (χ1) is 14.8. The molecule has 2 aromatic rings. The standard InChI is InChI=1S/C23H26N4O4/c1-15-8-10-26(11-9-15)20(28)14-27-13-16(17-6-4-5-7-19(17)27)12-18-21(29)24(2)23(31)25(3)22(18)30/h4-7,12-13,15H,8-11,14H2,1-3H3. The van der Waals surface area contributed by atoms with Crippen LogP contribution >= 0.6 is 0 Å². The molecule has 0 spiro atoms. The summed E-state index contributed by atoms with van der Waals surface area (Å²) in [7, 11) is 2.70. The number of benzene rings is 1. The fraction of sp³-hybridized carbons (Fsp3) is 0.391. The first-order valence-electron chi connectivity index (χ1n) is 10.5. The van der Waals surface area contributed by atoms with Crippen molar-refractivity contribution in [3.8, 4) is 0 Å². The highest BCUT2D eigenvalue weighted by Gasteiger charge is 2.38. The van der Waals surface area contributed by atoms with Crippen molar-refractivity contribution in [3.63, 3.8) is 0 Å². The largest absolute Gasteiger partial charge is 0.341 e. The average Bonchev–Trinajstić information content (AvgIpc) is 3.11. The number of carbonyl (C=O) groups is 4. The maximum Gasteiger partial charge on any atom is 0.333 e. The highest BCUT2D eigenvalue weighted by molar-refractivity contribution is 6.31. The number of fused-ring (bicyclic) bond motifs is 1. The van der Waals surface area contributed by atoms with Gasteiger partial charge in [0.25, 0.3) is 11.8 Å². The van der Waals surface area contributed by atoms with E-state index in [1.165, 1.54) is 20.2 Å². The van der Waals surface area contributed by atoms with E-state index in [2.05, 4.69) is 6.92 Å². The number of likely N-dealkylation sites (N-methyl/N-ethyl adjacent to an activating group) is 2. The third-order valence-corrected chi connectivity index (χ3v) is 6.21. The maximum atomic E-state index is 12.9. The van der Waals surface area contributed by atoms with Crippen LogP contribution in [0, 0.1) is 5.92 Å². The van der Waals surface area contributed by atoms with Crippen LogP contribution in [0.2, 0.25) is 0 Å². The normalized spacial score (nSPS) is 18.4. The number of carbonyl (C=O) groups excluding carboxylic acids is 4. The summed E-state index contributed by atoms with van der Waals surface area (Å²) in [6.45, 7) is 3.94. The molecule has 1 aromatic heterocycles. The van der Waals surface area contributed by atoms with Crippen molar-refractivity contribution in [2.24, 2.45) is 5.92 Å². The molecule has 2 aliphatic heterocycles. The molecule has 8 nitrogen and oxygen atoms in total. The number of piperidine rings is 1. The number of para-hydroxylation sites is 1. The van der Waals surface area contributed by atoms with Crippen LogP contribution in [0.5, 0.6) is 0 Å². The molecule has 2 fully saturated rings. The second-order valence-electron chi connectivity index (χ2n) is 8.36. The van der Waals surface area contributed by atoms with Crippen LogP contribution in [0.15, 0.2) is 36.0 Å². The fourth-order valence-electron chi connectivity index (χ4n) is 4.16. The lowest BCUT2D eigenvalue weighted by Crippen LogP contribution is -2.52. The van der Waals surface area contributed by atoms with Gasteiger partial charge in [-0.2, -0.15) is 0 Å². The topological polar surface area (TPSA) is 82.9 Å². The van der Waals surface area contributed by atoms with Gasteiger partial charge in [-0.15, -0.1) is 0 Å². The second kappa shape index (κ2) is 8.02. The van der Waals surface area contributed by atoms with Gasteiger partial charge in [0.2, 0.25) is 5.91 Å². The lowest BCUT2D eigenvalue weighted by molar-refractivity contribution is -0.134. The Kier molecular flexibility index (Phi) is 5.39. The summed E-state index contributed by atoms with van der Waals surface area (Å²) in [6.07, 6.45) is 5.33. The van der Waals surface area contributed by atoms with Crippen molar-refractivity contribution in [1.29, 1.82) is 0 Å². The molecule has 1 aromatic carbocycles. The van der Waals surface area contributed by atoms with E-state index in [1.807, 2.05) is 33.7 Å². The maximum absolute atomic E-state index is 12.9. The quantitative estimate of drug-likeness (QED) is 0.562. The molecule has 0 aliphatic carbocycles. The van der Waals surface area contributed by atoms with Gasteiger partial charge in [-0.25, -0.2) is 4.79 Å². The Bertz CT molecular complexity index is 1080. The number of likely N-dealkylation sites (tertiary alicyclic amines) is 1. The summed E-state index contributed by atoms with van der Waals surface area (Å²) in [5.41, 5.74) is 1.42. The van der Waals surface area contributed by atoms with E-state index in [1.54, 1.807) is 6.20 Å². The Morgan fingerprint density at radius 1 is 1.03 bits per heavy atom. The number of aromatic nitrogens is 1. The van der Waals surface area contributed by atoms with Gasteiger partial charge in [-0.3, -0.25) is 24.2 Å². The van der Waals surface area contributed by atoms with E-state index in [9.17, 15) is 19.2 Å². The molecule has 0 atom stereocenters. The van der Waals surface area contributed by atoms with Crippen molar-refractivity contribution < 1.29 is 19.2 Å². The van der Waals surface area contributed by atoms with E-state index in [-0.39, 0.29) is 18.0 Å². The number of urea groups is 1. The summed E-state index contributed by atoms with van der Waals surface area (Å²) < 4.78 is 1.86. The minimum Gasteiger partial charge on any atom is -0.341 e. The summed E-state index contributed by atoms with van der Waals surface area (Å²) in [5.74, 6) is -0.572. The van der Waals surface area contributed by atoms with Crippen LogP contribution in [0.25, 0.3) is 17.0 Å². The number of hydrogen-bond acceptors (Lipinski definition) is 4. The zero-order valence-corrected chi connectivity index (χ0v) is 18.0. The van der Waals surface area contributed by atoms with Gasteiger partial charge in [0, 0.05) is 49.8 Å². The smallest absolute Gasteiger partial charge is 0.333 e. The van der Waals surface area contributed by atoms with Crippen LogP contribution < -0.4 is 0 Å². The molecule has 162 valence electrons. The molecular weight excluding hydrogens is 396 g/mol. The third-order valence-electron chi connectivity index (χ3n) is 6.21. The van der Waals surface area contributed by atoms with Crippen LogP contribution in [-0.2, 0) is 20.9 Å². The molecular formula is C23H26N4O4. The van der Waals surface area contributed by atoms with Gasteiger partial charge in [-0.1, -0.05) is 25.1 Å². The number of barbiturate groups is 1. The second-order valence-corrected chi connectivity index (χ2v) is 8.36. The summed E-state index contributed by atoms with van der Waals surface area (Å²) >= 11 is 0. The van der Waals surface area contributed by atoms with Crippen molar-refractivity contribution in [2.45, 2.75) is 26.3 Å². The van der Waals surface area contributed by atoms with Crippen LogP contribution in [0.1, 0.15) is 25.3 Å². The lowest BCUT2D eigenvalue weighted by Gasteiger charge is -2.30. The van der Waals surface area contributed by atoms with Crippen molar-refractivity contribution in [2.75, 3.05) is 27.2 Å². The zero-order chi connectivity index (χ0) is 22.3. The van der Waals surface area contributed by atoms with E-state index in [0.29, 0.717) is 11.5 Å². The minimum absolute atomic E-state index is 0.0572. The molecule has 0 saturated carbocycles. The lowest BCUT2D eigenvalue weighted by atomic mass is 9.99. The summed E-state index contributed by atoms with van der Waals surface area (Å²) in [4.78, 5) is 53.8. The van der Waals surface area contributed by atoms with Crippen molar-refractivity contribution >= 4 is 40.7 Å². The molecule has 0 unspecified atom stereocenters. The zero-order valence-electron chi connectivity index (χ0n) is 18.0. The van der Waals surface area contributed by atoms with E-state index < -0.39 is 17.8 Å². The minimum atomic E-state index is -0.656. The number of nitrogens with zero attached hydrogens (tertiary/aromatic N) is 4. The first kappa shape index (κ1) is 20.8. The monoisotopic (exact) mass is 422 g/mol. The Balaban J connectivity index is 1.68. The molecule has 5 amide bonds. The molecule has 2 aliphatic rings. The fourth-order valence-corrected chi connectivity index (χ4v) is 4.16. The highest BCUT2D eigenvalue weighted by Crippen LogP contribution is 2.26. The van der Waals surface area contributed by atoms with Gasteiger partial charge in [0.1, 0.15) is 12.1 Å². The highest BCUT2D eigenvalue weighted by atomic mass is 16.2. The first-order valence-corrected chi connectivity index (χ1v) is 10.5. The summed E-state index contributed by atoms with van der Waals surface area (Å²) in [6, 6.07) is 6.90. The van der Waals surface area contributed by atoms with Crippen molar-refractivity contribution in [3.05, 3.63) is 41.6 Å². The Hall–Kier alpha value is -3.42. The molecule has 0 bridgehead atoms. The van der Waals surface area contributed by atoms with Crippen LogP contribution in [0.4, 0.5) is 4.79 Å². The molecule has 3 heterocycles. The Morgan fingerprint density at radius 3 is 2.29 bits per heavy atom. The van der Waals surface area contributed by atoms with Gasteiger partial charge in [0.05, 0.1) is 0 Å². The van der Waals surface area contributed by atoms with Crippen molar-refractivity contribution in [1.82, 2.24) is 19.3 Å². The van der Waals surface area contributed by atoms with E-state index in [4.69, 9.17) is 0 Å². The number of rotatable bonds is 3.